The average molecular weight is 488 g/mol. The van der Waals surface area contributed by atoms with E-state index >= 15 is 0 Å². The van der Waals surface area contributed by atoms with E-state index in [1.165, 1.54) is 11.3 Å². The van der Waals surface area contributed by atoms with Crippen LogP contribution in [0.4, 0.5) is 5.13 Å². The van der Waals surface area contributed by atoms with E-state index in [0.29, 0.717) is 33.9 Å². The molecule has 0 spiro atoms. The second kappa shape index (κ2) is 10.0. The molecule has 0 atom stereocenters. The van der Waals surface area contributed by atoms with E-state index in [1.807, 2.05) is 61.5 Å². The maximum atomic E-state index is 13.2. The van der Waals surface area contributed by atoms with Gasteiger partial charge in [-0.15, -0.1) is 11.8 Å². The summed E-state index contributed by atoms with van der Waals surface area (Å²) < 4.78 is 0.894. The van der Waals surface area contributed by atoms with Crippen LogP contribution in [-0.4, -0.2) is 21.6 Å². The van der Waals surface area contributed by atoms with Crippen molar-refractivity contribution in [3.8, 4) is 0 Å². The van der Waals surface area contributed by atoms with E-state index in [4.69, 9.17) is 28.2 Å². The van der Waals surface area contributed by atoms with E-state index in [9.17, 15) is 4.79 Å². The van der Waals surface area contributed by atoms with Gasteiger partial charge in [-0.05, 0) is 55.0 Å². The number of hydrogen-bond donors (Lipinski definition) is 0. The van der Waals surface area contributed by atoms with Crippen LogP contribution < -0.4 is 4.90 Å². The summed E-state index contributed by atoms with van der Waals surface area (Å²) in [6, 6.07) is 17.1. The van der Waals surface area contributed by atoms with E-state index < -0.39 is 0 Å². The minimum Gasteiger partial charge on any atom is -0.282 e. The third-order valence-corrected chi connectivity index (χ3v) is 7.47. The number of carbonyl (C=O) groups excluding carboxylic acids is 1. The average Bonchev–Trinajstić information content (AvgIpc) is 3.23. The second-order valence-electron chi connectivity index (χ2n) is 6.89. The molecule has 2 aromatic heterocycles. The molecule has 0 saturated heterocycles. The van der Waals surface area contributed by atoms with Gasteiger partial charge >= 0.3 is 0 Å². The van der Waals surface area contributed by atoms with Crippen molar-refractivity contribution in [2.75, 3.05) is 10.7 Å². The van der Waals surface area contributed by atoms with Crippen molar-refractivity contribution in [1.82, 2.24) is 9.97 Å². The molecule has 2 heterocycles. The number of nitrogens with zero attached hydrogens (tertiary/aromatic N) is 3. The number of thiazole rings is 1. The Morgan fingerprint density at radius 1 is 1.10 bits per heavy atom. The predicted octanol–water partition coefficient (Wildman–Crippen LogP) is 7.02. The molecule has 0 bridgehead atoms. The van der Waals surface area contributed by atoms with Gasteiger partial charge in [0.15, 0.2) is 5.13 Å². The van der Waals surface area contributed by atoms with E-state index in [-0.39, 0.29) is 5.91 Å². The molecule has 0 aliphatic carbocycles. The SMILES string of the molecule is Cc1ccc(Cl)c2sc(N(Cc3ccccn3)C(=O)CCSc3ccc(Cl)cc3)nc12. The van der Waals surface area contributed by atoms with Gasteiger partial charge in [0, 0.05) is 28.3 Å². The molecule has 31 heavy (non-hydrogen) atoms. The van der Waals surface area contributed by atoms with Crippen molar-refractivity contribution < 1.29 is 4.79 Å². The summed E-state index contributed by atoms with van der Waals surface area (Å²) >= 11 is 15.4. The summed E-state index contributed by atoms with van der Waals surface area (Å²) in [6.07, 6.45) is 2.11. The lowest BCUT2D eigenvalue weighted by Crippen LogP contribution is -2.30. The molecule has 0 saturated carbocycles. The highest BCUT2D eigenvalue weighted by Crippen LogP contribution is 2.36. The molecule has 158 valence electrons. The number of aromatic nitrogens is 2. The number of pyridine rings is 1. The number of halogens is 2. The van der Waals surface area contributed by atoms with Gasteiger partial charge in [0.05, 0.1) is 27.5 Å². The fourth-order valence-electron chi connectivity index (χ4n) is 3.04. The molecular weight excluding hydrogens is 469 g/mol. The Labute approximate surface area is 199 Å². The van der Waals surface area contributed by atoms with Crippen molar-refractivity contribution >= 4 is 67.6 Å². The summed E-state index contributed by atoms with van der Waals surface area (Å²) in [5, 5.41) is 1.98. The van der Waals surface area contributed by atoms with E-state index in [1.54, 1.807) is 22.9 Å². The smallest absolute Gasteiger partial charge is 0.229 e. The molecule has 1 amide bonds. The number of benzene rings is 2. The lowest BCUT2D eigenvalue weighted by Gasteiger charge is -2.19. The van der Waals surface area contributed by atoms with Crippen LogP contribution in [0, 0.1) is 6.92 Å². The third-order valence-electron chi connectivity index (χ3n) is 4.66. The van der Waals surface area contributed by atoms with Crippen LogP contribution in [0.15, 0.2) is 65.7 Å². The van der Waals surface area contributed by atoms with Crippen molar-refractivity contribution in [3.63, 3.8) is 0 Å². The van der Waals surface area contributed by atoms with Gasteiger partial charge in [-0.3, -0.25) is 14.7 Å². The first-order chi connectivity index (χ1) is 15.0. The van der Waals surface area contributed by atoms with Crippen LogP contribution in [0.5, 0.6) is 0 Å². The van der Waals surface area contributed by atoms with Crippen LogP contribution in [0.1, 0.15) is 17.7 Å². The van der Waals surface area contributed by atoms with E-state index in [2.05, 4.69) is 4.98 Å². The number of aryl methyl sites for hydroxylation is 1. The second-order valence-corrected chi connectivity index (χ2v) is 9.88. The fraction of sp³-hybridized carbons (Fsp3) is 0.174. The Morgan fingerprint density at radius 2 is 1.90 bits per heavy atom. The molecule has 0 aliphatic rings. The summed E-state index contributed by atoms with van der Waals surface area (Å²) in [5.74, 6) is 0.657. The maximum Gasteiger partial charge on any atom is 0.229 e. The first kappa shape index (κ1) is 22.1. The van der Waals surface area contributed by atoms with Crippen molar-refractivity contribution in [3.05, 3.63) is 82.1 Å². The topological polar surface area (TPSA) is 46.1 Å². The minimum absolute atomic E-state index is 0.0000479. The highest BCUT2D eigenvalue weighted by Gasteiger charge is 2.22. The Bertz CT molecular complexity index is 1160. The van der Waals surface area contributed by atoms with Gasteiger partial charge in [0.25, 0.3) is 0 Å². The first-order valence-electron chi connectivity index (χ1n) is 9.65. The zero-order valence-electron chi connectivity index (χ0n) is 16.7. The molecule has 4 rings (SSSR count). The van der Waals surface area contributed by atoms with Crippen molar-refractivity contribution in [2.24, 2.45) is 0 Å². The zero-order valence-corrected chi connectivity index (χ0v) is 19.9. The number of amides is 1. The minimum atomic E-state index is -0.0000479. The molecule has 2 aromatic carbocycles. The third kappa shape index (κ3) is 5.39. The molecule has 0 unspecified atom stereocenters. The Morgan fingerprint density at radius 3 is 2.61 bits per heavy atom. The number of hydrogen-bond acceptors (Lipinski definition) is 5. The summed E-state index contributed by atoms with van der Waals surface area (Å²) in [5.41, 5.74) is 2.68. The van der Waals surface area contributed by atoms with Crippen LogP contribution in [-0.2, 0) is 11.3 Å². The number of fused-ring (bicyclic) bond motifs is 1. The normalized spacial score (nSPS) is 11.1. The number of rotatable bonds is 7. The molecule has 0 N–H and O–H groups in total. The number of carbonyl (C=O) groups is 1. The summed E-state index contributed by atoms with van der Waals surface area (Å²) in [6.45, 7) is 2.36. The van der Waals surface area contributed by atoms with Crippen LogP contribution in [0.3, 0.4) is 0 Å². The van der Waals surface area contributed by atoms with Crippen molar-refractivity contribution in [2.45, 2.75) is 24.8 Å². The summed E-state index contributed by atoms with van der Waals surface area (Å²) in [4.78, 5) is 25.2. The van der Waals surface area contributed by atoms with Gasteiger partial charge in [0.1, 0.15) is 0 Å². The maximum absolute atomic E-state index is 13.2. The lowest BCUT2D eigenvalue weighted by atomic mass is 10.2. The predicted molar refractivity (Wildman–Crippen MR) is 132 cm³/mol. The first-order valence-corrected chi connectivity index (χ1v) is 12.2. The van der Waals surface area contributed by atoms with Crippen LogP contribution in [0.2, 0.25) is 10.0 Å². The van der Waals surface area contributed by atoms with Gasteiger partial charge in [0.2, 0.25) is 5.91 Å². The molecule has 0 radical (unpaired) electrons. The zero-order chi connectivity index (χ0) is 21.8. The molecule has 4 aromatic rings. The highest BCUT2D eigenvalue weighted by molar-refractivity contribution is 7.99. The molecule has 4 nitrogen and oxygen atoms in total. The highest BCUT2D eigenvalue weighted by atomic mass is 35.5. The van der Waals surface area contributed by atoms with Crippen molar-refractivity contribution in [1.29, 1.82) is 0 Å². The Balaban J connectivity index is 1.56. The summed E-state index contributed by atoms with van der Waals surface area (Å²) in [7, 11) is 0. The standard InChI is InChI=1S/C23H19Cl2N3OS2/c1-15-5-10-19(25)22-21(15)27-23(31-22)28(14-17-4-2-3-12-26-17)20(29)11-13-30-18-8-6-16(24)7-9-18/h2-10,12H,11,13-14H2,1H3. The molecular formula is C23H19Cl2N3OS2. The lowest BCUT2D eigenvalue weighted by molar-refractivity contribution is -0.118. The van der Waals surface area contributed by atoms with Gasteiger partial charge in [-0.2, -0.15) is 0 Å². The fourth-order valence-corrected chi connectivity index (χ4v) is 5.34. The van der Waals surface area contributed by atoms with Crippen LogP contribution >= 0.6 is 46.3 Å². The molecule has 8 heteroatoms. The van der Waals surface area contributed by atoms with Gasteiger partial charge < -0.3 is 0 Å². The Hall–Kier alpha value is -2.12. The van der Waals surface area contributed by atoms with Gasteiger partial charge in [-0.1, -0.05) is 46.7 Å². The number of thioether (sulfide) groups is 1. The largest absolute Gasteiger partial charge is 0.282 e. The van der Waals surface area contributed by atoms with Crippen LogP contribution in [0.25, 0.3) is 10.2 Å². The quantitative estimate of drug-likeness (QED) is 0.262. The number of anilines is 1. The van der Waals surface area contributed by atoms with E-state index in [0.717, 1.165) is 26.4 Å². The van der Waals surface area contributed by atoms with Gasteiger partial charge in [-0.25, -0.2) is 4.98 Å². The Kier molecular flexibility index (Phi) is 7.13. The molecule has 0 fully saturated rings. The monoisotopic (exact) mass is 487 g/mol. The molecule has 0 aliphatic heterocycles.